The van der Waals surface area contributed by atoms with Crippen LogP contribution in [0.25, 0.3) is 10.9 Å². The smallest absolute Gasteiger partial charge is 0.230 e. The molecule has 0 saturated heterocycles. The van der Waals surface area contributed by atoms with Crippen molar-refractivity contribution >= 4 is 10.9 Å². The minimum absolute atomic E-state index is 0.234. The summed E-state index contributed by atoms with van der Waals surface area (Å²) in [5, 5.41) is 9.97. The van der Waals surface area contributed by atoms with Gasteiger partial charge in [-0.05, 0) is 24.7 Å². The molecular weight excluding hydrogens is 228 g/mol. The molecular formula is C14H18N2O2. The highest BCUT2D eigenvalue weighted by Gasteiger charge is 2.09. The van der Waals surface area contributed by atoms with Crippen molar-refractivity contribution in [3.63, 3.8) is 0 Å². The number of hydrogen-bond donors (Lipinski definition) is 2. The third kappa shape index (κ3) is 2.24. The van der Waals surface area contributed by atoms with Crippen LogP contribution in [-0.4, -0.2) is 28.1 Å². The SMILES string of the molecule is CCN(CC)Cc1cccc2c(=O)c(O)c[nH]c12. The quantitative estimate of drug-likeness (QED) is 0.868. The van der Waals surface area contributed by atoms with Gasteiger partial charge in [0.2, 0.25) is 5.43 Å². The van der Waals surface area contributed by atoms with Crippen LogP contribution in [0.3, 0.4) is 0 Å². The molecule has 4 nitrogen and oxygen atoms in total. The normalized spacial score (nSPS) is 11.3. The largest absolute Gasteiger partial charge is 0.503 e. The van der Waals surface area contributed by atoms with Crippen molar-refractivity contribution < 1.29 is 5.11 Å². The van der Waals surface area contributed by atoms with Crippen LogP contribution in [0, 0.1) is 0 Å². The molecule has 0 aliphatic rings. The molecule has 2 rings (SSSR count). The lowest BCUT2D eigenvalue weighted by atomic mass is 10.1. The van der Waals surface area contributed by atoms with E-state index in [1.165, 1.54) is 6.20 Å². The minimum atomic E-state index is -0.315. The van der Waals surface area contributed by atoms with E-state index in [4.69, 9.17) is 0 Å². The van der Waals surface area contributed by atoms with E-state index >= 15 is 0 Å². The number of benzene rings is 1. The predicted octanol–water partition coefficient (Wildman–Crippen LogP) is 2.08. The third-order valence-corrected chi connectivity index (χ3v) is 3.27. The maximum absolute atomic E-state index is 11.8. The Labute approximate surface area is 106 Å². The molecule has 4 heteroatoms. The molecule has 0 unspecified atom stereocenters. The van der Waals surface area contributed by atoms with Gasteiger partial charge in [-0.3, -0.25) is 9.69 Å². The van der Waals surface area contributed by atoms with Crippen LogP contribution in [0.5, 0.6) is 5.75 Å². The van der Waals surface area contributed by atoms with Crippen molar-refractivity contribution in [1.82, 2.24) is 9.88 Å². The zero-order chi connectivity index (χ0) is 13.1. The van der Waals surface area contributed by atoms with Gasteiger partial charge < -0.3 is 10.1 Å². The Hall–Kier alpha value is -1.81. The van der Waals surface area contributed by atoms with E-state index in [0.717, 1.165) is 30.7 Å². The molecule has 2 N–H and O–H groups in total. The lowest BCUT2D eigenvalue weighted by molar-refractivity contribution is 0.297. The molecule has 0 amide bonds. The van der Waals surface area contributed by atoms with Crippen molar-refractivity contribution in [3.05, 3.63) is 40.2 Å². The van der Waals surface area contributed by atoms with E-state index in [1.807, 2.05) is 12.1 Å². The summed E-state index contributed by atoms with van der Waals surface area (Å²) in [5.74, 6) is -0.234. The Morgan fingerprint density at radius 3 is 2.67 bits per heavy atom. The highest BCUT2D eigenvalue weighted by molar-refractivity contribution is 5.82. The number of aromatic nitrogens is 1. The molecule has 0 saturated carbocycles. The number of aromatic hydroxyl groups is 1. The summed E-state index contributed by atoms with van der Waals surface area (Å²) in [6, 6.07) is 5.60. The van der Waals surface area contributed by atoms with Crippen LogP contribution in [-0.2, 0) is 6.54 Å². The second-order valence-electron chi connectivity index (χ2n) is 4.30. The van der Waals surface area contributed by atoms with E-state index < -0.39 is 0 Å². The molecule has 1 aromatic heterocycles. The molecule has 0 spiro atoms. The molecule has 0 atom stereocenters. The van der Waals surface area contributed by atoms with Crippen LogP contribution < -0.4 is 5.43 Å². The highest BCUT2D eigenvalue weighted by atomic mass is 16.3. The van der Waals surface area contributed by atoms with Gasteiger partial charge in [-0.15, -0.1) is 0 Å². The summed E-state index contributed by atoms with van der Waals surface area (Å²) in [6.45, 7) is 6.96. The number of aromatic amines is 1. The maximum Gasteiger partial charge on any atom is 0.230 e. The molecule has 0 aliphatic carbocycles. The van der Waals surface area contributed by atoms with Gasteiger partial charge >= 0.3 is 0 Å². The van der Waals surface area contributed by atoms with E-state index in [-0.39, 0.29) is 11.2 Å². The van der Waals surface area contributed by atoms with Crippen LogP contribution in [0.1, 0.15) is 19.4 Å². The average molecular weight is 246 g/mol. The van der Waals surface area contributed by atoms with Crippen LogP contribution in [0.2, 0.25) is 0 Å². The number of nitrogens with one attached hydrogen (secondary N) is 1. The molecule has 0 aliphatic heterocycles. The van der Waals surface area contributed by atoms with Gasteiger partial charge in [0.1, 0.15) is 0 Å². The van der Waals surface area contributed by atoms with Crippen LogP contribution in [0.15, 0.2) is 29.2 Å². The Balaban J connectivity index is 2.52. The highest BCUT2D eigenvalue weighted by Crippen LogP contribution is 2.17. The van der Waals surface area contributed by atoms with Gasteiger partial charge in [-0.25, -0.2) is 0 Å². The average Bonchev–Trinajstić information content (AvgIpc) is 2.40. The van der Waals surface area contributed by atoms with E-state index in [0.29, 0.717) is 5.39 Å². The van der Waals surface area contributed by atoms with Crippen molar-refractivity contribution in [2.75, 3.05) is 13.1 Å². The number of para-hydroxylation sites is 1. The lowest BCUT2D eigenvalue weighted by Gasteiger charge is -2.18. The summed E-state index contributed by atoms with van der Waals surface area (Å²) in [7, 11) is 0. The number of rotatable bonds is 4. The van der Waals surface area contributed by atoms with Crippen molar-refractivity contribution in [1.29, 1.82) is 0 Å². The van der Waals surface area contributed by atoms with Crippen LogP contribution in [0.4, 0.5) is 0 Å². The fourth-order valence-electron chi connectivity index (χ4n) is 2.12. The zero-order valence-electron chi connectivity index (χ0n) is 10.7. The summed E-state index contributed by atoms with van der Waals surface area (Å²) in [6.07, 6.45) is 1.36. The van der Waals surface area contributed by atoms with Crippen molar-refractivity contribution in [2.45, 2.75) is 20.4 Å². The van der Waals surface area contributed by atoms with Gasteiger partial charge in [0.05, 0.1) is 5.52 Å². The lowest BCUT2D eigenvalue weighted by Crippen LogP contribution is -2.22. The first kappa shape index (κ1) is 12.6. The first-order valence-corrected chi connectivity index (χ1v) is 6.22. The van der Waals surface area contributed by atoms with Gasteiger partial charge in [-0.1, -0.05) is 26.0 Å². The van der Waals surface area contributed by atoms with Crippen LogP contribution >= 0.6 is 0 Å². The van der Waals surface area contributed by atoms with Gasteiger partial charge in [0.25, 0.3) is 0 Å². The van der Waals surface area contributed by atoms with Gasteiger partial charge in [0.15, 0.2) is 5.75 Å². The van der Waals surface area contributed by atoms with E-state index in [9.17, 15) is 9.90 Å². The third-order valence-electron chi connectivity index (χ3n) is 3.27. The fraction of sp³-hybridized carbons (Fsp3) is 0.357. The second kappa shape index (κ2) is 5.23. The second-order valence-corrected chi connectivity index (χ2v) is 4.30. The first-order valence-electron chi connectivity index (χ1n) is 6.22. The van der Waals surface area contributed by atoms with Crippen molar-refractivity contribution in [2.24, 2.45) is 0 Å². The molecule has 1 aromatic carbocycles. The Morgan fingerprint density at radius 2 is 2.00 bits per heavy atom. The predicted molar refractivity (Wildman–Crippen MR) is 72.9 cm³/mol. The standard InChI is InChI=1S/C14H18N2O2/c1-3-16(4-2)9-10-6-5-7-11-13(10)15-8-12(17)14(11)18/h5-8,17H,3-4,9H2,1-2H3,(H,15,18). The number of nitrogens with zero attached hydrogens (tertiary/aromatic N) is 1. The number of pyridine rings is 1. The van der Waals surface area contributed by atoms with Gasteiger partial charge in [-0.2, -0.15) is 0 Å². The van der Waals surface area contributed by atoms with Crippen molar-refractivity contribution in [3.8, 4) is 5.75 Å². The fourth-order valence-corrected chi connectivity index (χ4v) is 2.12. The summed E-state index contributed by atoms with van der Waals surface area (Å²) >= 11 is 0. The minimum Gasteiger partial charge on any atom is -0.503 e. The topological polar surface area (TPSA) is 56.3 Å². The Morgan fingerprint density at radius 1 is 1.28 bits per heavy atom. The molecule has 96 valence electrons. The molecule has 1 heterocycles. The molecule has 0 bridgehead atoms. The van der Waals surface area contributed by atoms with E-state index in [2.05, 4.69) is 23.7 Å². The molecule has 18 heavy (non-hydrogen) atoms. The zero-order valence-corrected chi connectivity index (χ0v) is 10.7. The van der Waals surface area contributed by atoms with Gasteiger partial charge in [0, 0.05) is 18.1 Å². The number of fused-ring (bicyclic) bond motifs is 1. The number of hydrogen-bond acceptors (Lipinski definition) is 3. The van der Waals surface area contributed by atoms with E-state index in [1.54, 1.807) is 6.07 Å². The molecule has 2 aromatic rings. The summed E-state index contributed by atoms with van der Waals surface area (Å²) < 4.78 is 0. The number of H-pyrrole nitrogens is 1. The summed E-state index contributed by atoms with van der Waals surface area (Å²) in [5.41, 5.74) is 1.57. The summed E-state index contributed by atoms with van der Waals surface area (Å²) in [4.78, 5) is 17.1. The Kier molecular flexibility index (Phi) is 3.67. The molecule has 0 fully saturated rings. The maximum atomic E-state index is 11.8. The Bertz CT molecular complexity index is 600. The first-order chi connectivity index (χ1) is 8.67. The molecule has 0 radical (unpaired) electrons. The monoisotopic (exact) mass is 246 g/mol.